The summed E-state index contributed by atoms with van der Waals surface area (Å²) in [6, 6.07) is 23.2. The van der Waals surface area contributed by atoms with E-state index in [9.17, 15) is 8.78 Å². The first-order valence-corrected chi connectivity index (χ1v) is 10.3. The van der Waals surface area contributed by atoms with Gasteiger partial charge in [0.2, 0.25) is 0 Å². The maximum absolute atomic E-state index is 13.4. The minimum absolute atomic E-state index is 0. The molecular formula is C26H18F2IrN6-2. The fourth-order valence-corrected chi connectivity index (χ4v) is 3.25. The van der Waals surface area contributed by atoms with Crippen molar-refractivity contribution in [3.8, 4) is 34.4 Å². The number of aryl methyl sites for hydroxylation is 2. The number of hydrogen-bond donors (Lipinski definition) is 0. The summed E-state index contributed by atoms with van der Waals surface area (Å²) in [4.78, 5) is 4.24. The van der Waals surface area contributed by atoms with Crippen LogP contribution >= 0.6 is 0 Å². The van der Waals surface area contributed by atoms with Crippen LogP contribution in [0.15, 0.2) is 72.9 Å². The van der Waals surface area contributed by atoms with Gasteiger partial charge in [-0.15, -0.1) is 12.1 Å². The number of benzene rings is 2. The Kier molecular flexibility index (Phi) is 8.37. The van der Waals surface area contributed by atoms with Gasteiger partial charge in [0, 0.05) is 55.0 Å². The molecule has 2 aromatic carbocycles. The molecule has 0 aliphatic carbocycles. The number of rotatable bonds is 3. The summed E-state index contributed by atoms with van der Waals surface area (Å²) in [6.45, 7) is 3.61. The van der Waals surface area contributed by atoms with Crippen LogP contribution in [0.1, 0.15) is 17.0 Å². The molecule has 5 rings (SSSR count). The molecule has 35 heavy (non-hydrogen) atoms. The van der Waals surface area contributed by atoms with Gasteiger partial charge in [-0.25, -0.2) is 0 Å². The van der Waals surface area contributed by atoms with E-state index in [0.29, 0.717) is 5.56 Å². The van der Waals surface area contributed by atoms with Crippen molar-refractivity contribution < 1.29 is 28.9 Å². The average molecular weight is 645 g/mol. The van der Waals surface area contributed by atoms with Crippen LogP contribution in [0, 0.1) is 42.9 Å². The molecule has 6 nitrogen and oxygen atoms in total. The molecule has 9 heteroatoms. The molecule has 0 saturated heterocycles. The van der Waals surface area contributed by atoms with Gasteiger partial charge in [0.15, 0.2) is 0 Å². The summed E-state index contributed by atoms with van der Waals surface area (Å²) in [6.07, 6.45) is 1.73. The van der Waals surface area contributed by atoms with E-state index in [4.69, 9.17) is 5.26 Å². The third-order valence-electron chi connectivity index (χ3n) is 4.84. The number of nitrogens with zero attached hydrogens (tertiary/aromatic N) is 6. The molecule has 0 aliphatic rings. The Morgan fingerprint density at radius 3 is 2.37 bits per heavy atom. The first-order valence-electron chi connectivity index (χ1n) is 10.3. The van der Waals surface area contributed by atoms with E-state index in [1.165, 1.54) is 4.68 Å². The molecule has 3 heterocycles. The van der Waals surface area contributed by atoms with Crippen molar-refractivity contribution in [3.05, 3.63) is 108 Å². The quantitative estimate of drug-likeness (QED) is 0.252. The first kappa shape index (κ1) is 25.6. The van der Waals surface area contributed by atoms with Crippen LogP contribution in [-0.2, 0) is 20.1 Å². The van der Waals surface area contributed by atoms with Crippen molar-refractivity contribution in [3.63, 3.8) is 0 Å². The van der Waals surface area contributed by atoms with E-state index >= 15 is 0 Å². The molecule has 0 saturated carbocycles. The summed E-state index contributed by atoms with van der Waals surface area (Å²) in [5.74, 6) is -1.31. The van der Waals surface area contributed by atoms with Crippen molar-refractivity contribution in [2.75, 3.05) is 0 Å². The van der Waals surface area contributed by atoms with E-state index in [0.717, 1.165) is 46.2 Å². The normalized spacial score (nSPS) is 10.0. The first-order chi connectivity index (χ1) is 16.4. The van der Waals surface area contributed by atoms with Gasteiger partial charge >= 0.3 is 0 Å². The number of aromatic nitrogens is 5. The zero-order chi connectivity index (χ0) is 24.1. The molecule has 0 bridgehead atoms. The second kappa shape index (κ2) is 11.4. The van der Waals surface area contributed by atoms with Crippen LogP contribution in [0.25, 0.3) is 28.3 Å². The van der Waals surface area contributed by atoms with Crippen molar-refractivity contribution in [1.29, 1.82) is 5.26 Å². The Morgan fingerprint density at radius 2 is 1.77 bits per heavy atom. The van der Waals surface area contributed by atoms with Crippen LogP contribution in [0.5, 0.6) is 0 Å². The smallest absolute Gasteiger partial charge is 0.0991 e. The number of halogens is 2. The molecule has 0 N–H and O–H groups in total. The third kappa shape index (κ3) is 6.12. The minimum Gasteiger partial charge on any atom is -0.573 e. The van der Waals surface area contributed by atoms with Gasteiger partial charge in [-0.05, 0) is 61.5 Å². The topological polar surface area (TPSA) is 81.5 Å². The molecule has 1 radical (unpaired) electrons. The van der Waals surface area contributed by atoms with E-state index in [1.807, 2.05) is 49.4 Å². The van der Waals surface area contributed by atoms with E-state index in [-0.39, 0.29) is 25.8 Å². The molecule has 0 aliphatic heterocycles. The maximum atomic E-state index is 13.4. The number of nitriles is 1. The summed E-state index contributed by atoms with van der Waals surface area (Å²) >= 11 is 0. The Morgan fingerprint density at radius 1 is 1.00 bits per heavy atom. The predicted molar refractivity (Wildman–Crippen MR) is 123 cm³/mol. The molecule has 0 amide bonds. The Hall–Kier alpha value is -3.99. The molecule has 0 unspecified atom stereocenters. The molecular weight excluding hydrogens is 627 g/mol. The summed E-state index contributed by atoms with van der Waals surface area (Å²) in [5.41, 5.74) is 5.61. The zero-order valence-electron chi connectivity index (χ0n) is 18.7. The number of pyridine rings is 1. The summed E-state index contributed by atoms with van der Waals surface area (Å²) < 4.78 is 27.5. The summed E-state index contributed by atoms with van der Waals surface area (Å²) in [7, 11) is 0. The molecule has 5 aromatic rings. The van der Waals surface area contributed by atoms with E-state index in [2.05, 4.69) is 32.4 Å². The van der Waals surface area contributed by atoms with Crippen LogP contribution in [0.2, 0.25) is 0 Å². The van der Waals surface area contributed by atoms with Crippen molar-refractivity contribution in [2.45, 2.75) is 13.8 Å². The SMILES string of the molecule is Cc1cc(C)n(-c2[c-]cc(F)cc2F)n1.N#Cc1ccc(-c2cc(-c3ccccn3)[n-]n2)cc1.[Ir]. The van der Waals surface area contributed by atoms with Crippen molar-refractivity contribution in [1.82, 2.24) is 25.0 Å². The minimum atomic E-state index is -0.666. The van der Waals surface area contributed by atoms with Crippen molar-refractivity contribution in [2.24, 2.45) is 0 Å². The van der Waals surface area contributed by atoms with Gasteiger partial charge in [0.1, 0.15) is 0 Å². The molecule has 0 atom stereocenters. The fraction of sp³-hybridized carbons (Fsp3) is 0.0769. The predicted octanol–water partition coefficient (Wildman–Crippen LogP) is 5.20. The second-order valence-corrected chi connectivity index (χ2v) is 7.37. The van der Waals surface area contributed by atoms with Gasteiger partial charge in [0.05, 0.1) is 17.3 Å². The molecule has 3 aromatic heterocycles. The Labute approximate surface area is 214 Å². The fourth-order valence-electron chi connectivity index (χ4n) is 3.25. The van der Waals surface area contributed by atoms with Crippen LogP contribution in [0.3, 0.4) is 0 Å². The van der Waals surface area contributed by atoms with Gasteiger partial charge in [-0.1, -0.05) is 23.9 Å². The van der Waals surface area contributed by atoms with Crippen molar-refractivity contribution >= 4 is 0 Å². The van der Waals surface area contributed by atoms with Gasteiger partial charge in [-0.3, -0.25) is 18.4 Å². The van der Waals surface area contributed by atoms with E-state index < -0.39 is 11.6 Å². The van der Waals surface area contributed by atoms with E-state index in [1.54, 1.807) is 25.3 Å². The van der Waals surface area contributed by atoms with Crippen LogP contribution in [-0.4, -0.2) is 19.9 Å². The molecule has 0 fully saturated rings. The Balaban J connectivity index is 0.000000195. The molecule has 0 spiro atoms. The maximum Gasteiger partial charge on any atom is 0.0991 e. The standard InChI is InChI=1S/C15H9N4.C11H9F2N2.Ir/c16-10-11-4-6-12(7-5-11)14-9-15(19-18-14)13-3-1-2-8-17-13;1-7-5-8(2)15(14-7)11-4-3-9(12)6-10(11)13;/h1-9H;3,5-6H,1-2H3;/q2*-1;. The average Bonchev–Trinajstić information content (AvgIpc) is 3.47. The zero-order valence-corrected chi connectivity index (χ0v) is 21.1. The third-order valence-corrected chi connectivity index (χ3v) is 4.84. The van der Waals surface area contributed by atoms with Crippen LogP contribution in [0.4, 0.5) is 8.78 Å². The number of hydrogen-bond acceptors (Lipinski definition) is 4. The van der Waals surface area contributed by atoms with Crippen LogP contribution < -0.4 is 5.10 Å². The Bertz CT molecular complexity index is 1450. The largest absolute Gasteiger partial charge is 0.573 e. The van der Waals surface area contributed by atoms with Gasteiger partial charge in [-0.2, -0.15) is 16.4 Å². The van der Waals surface area contributed by atoms with Gasteiger partial charge in [0.25, 0.3) is 0 Å². The second-order valence-electron chi connectivity index (χ2n) is 7.37. The monoisotopic (exact) mass is 645 g/mol. The van der Waals surface area contributed by atoms with Gasteiger partial charge < -0.3 is 10.2 Å². The summed E-state index contributed by atoms with van der Waals surface area (Å²) in [5, 5.41) is 21.1. The molecule has 177 valence electrons.